The highest BCUT2D eigenvalue weighted by molar-refractivity contribution is 5.95. The Hall–Kier alpha value is -2.82. The van der Waals surface area contributed by atoms with Crippen molar-refractivity contribution >= 4 is 17.5 Å². The van der Waals surface area contributed by atoms with Crippen LogP contribution in [0.1, 0.15) is 31.4 Å². The van der Waals surface area contributed by atoms with Gasteiger partial charge in [-0.25, -0.2) is 0 Å². The van der Waals surface area contributed by atoms with Gasteiger partial charge in [-0.15, -0.1) is 0 Å². The lowest BCUT2D eigenvalue weighted by Gasteiger charge is -2.27. The van der Waals surface area contributed by atoms with Gasteiger partial charge in [0.05, 0.1) is 5.69 Å². The van der Waals surface area contributed by atoms with Gasteiger partial charge in [-0.2, -0.15) is 0 Å². The minimum absolute atomic E-state index is 0.0493. The molecule has 1 heterocycles. The van der Waals surface area contributed by atoms with Gasteiger partial charge in [0.2, 0.25) is 5.91 Å². The number of hydrogen-bond donors (Lipinski definition) is 1. The Labute approximate surface area is 154 Å². The Kier molecular flexibility index (Phi) is 5.56. The van der Waals surface area contributed by atoms with Gasteiger partial charge < -0.3 is 15.0 Å². The van der Waals surface area contributed by atoms with Crippen molar-refractivity contribution in [3.63, 3.8) is 0 Å². The van der Waals surface area contributed by atoms with E-state index >= 15 is 0 Å². The van der Waals surface area contributed by atoms with Crippen LogP contribution in [-0.4, -0.2) is 29.4 Å². The van der Waals surface area contributed by atoms with Crippen LogP contribution in [0, 0.1) is 0 Å². The molecular weight excluding hydrogens is 328 g/mol. The highest BCUT2D eigenvalue weighted by Gasteiger charge is 2.19. The molecule has 0 fully saturated rings. The highest BCUT2D eigenvalue weighted by Crippen LogP contribution is 2.29. The third kappa shape index (κ3) is 4.42. The third-order valence-corrected chi connectivity index (χ3v) is 4.44. The van der Waals surface area contributed by atoms with E-state index in [2.05, 4.69) is 5.32 Å². The molecule has 2 aromatic rings. The molecule has 2 aromatic carbocycles. The molecule has 0 spiro atoms. The number of fused-ring (bicyclic) bond motifs is 1. The van der Waals surface area contributed by atoms with Crippen LogP contribution < -0.4 is 10.1 Å². The number of hydrogen-bond acceptors (Lipinski definition) is 3. The molecule has 0 radical (unpaired) electrons. The molecule has 26 heavy (non-hydrogen) atoms. The topological polar surface area (TPSA) is 58.6 Å². The van der Waals surface area contributed by atoms with Crippen LogP contribution in [0.15, 0.2) is 48.5 Å². The fourth-order valence-corrected chi connectivity index (χ4v) is 3.02. The number of aryl methyl sites for hydroxylation is 1. The number of nitrogens with zero attached hydrogens (tertiary/aromatic N) is 1. The van der Waals surface area contributed by atoms with E-state index in [-0.39, 0.29) is 24.5 Å². The van der Waals surface area contributed by atoms with Gasteiger partial charge in [0, 0.05) is 19.0 Å². The van der Waals surface area contributed by atoms with Crippen molar-refractivity contribution in [3.8, 4) is 5.75 Å². The van der Waals surface area contributed by atoms with E-state index in [9.17, 15) is 9.59 Å². The number of nitrogens with one attached hydrogen (secondary N) is 1. The van der Waals surface area contributed by atoms with Gasteiger partial charge in [-0.1, -0.05) is 36.4 Å². The molecule has 0 aliphatic carbocycles. The SMILES string of the molecule is CC(C)N(Cc1ccccc1)C(=O)CCc1ccc2c(c1)NC(=O)CO2. The summed E-state index contributed by atoms with van der Waals surface area (Å²) in [7, 11) is 0. The minimum atomic E-state index is -0.153. The van der Waals surface area contributed by atoms with Gasteiger partial charge >= 0.3 is 0 Å². The molecule has 3 rings (SSSR count). The normalized spacial score (nSPS) is 13.0. The number of benzene rings is 2. The molecule has 0 unspecified atom stereocenters. The monoisotopic (exact) mass is 352 g/mol. The van der Waals surface area contributed by atoms with Crippen LogP contribution in [-0.2, 0) is 22.6 Å². The first kappa shape index (κ1) is 18.0. The van der Waals surface area contributed by atoms with Gasteiger partial charge in [-0.05, 0) is 43.5 Å². The van der Waals surface area contributed by atoms with E-state index in [1.54, 1.807) is 0 Å². The van der Waals surface area contributed by atoms with Crippen LogP contribution in [0.3, 0.4) is 0 Å². The van der Waals surface area contributed by atoms with E-state index in [1.165, 1.54) is 0 Å². The van der Waals surface area contributed by atoms with E-state index < -0.39 is 0 Å². The Morgan fingerprint density at radius 1 is 1.15 bits per heavy atom. The van der Waals surface area contributed by atoms with Crippen molar-refractivity contribution in [3.05, 3.63) is 59.7 Å². The smallest absolute Gasteiger partial charge is 0.262 e. The predicted octanol–water partition coefficient (Wildman–Crippen LogP) is 3.39. The summed E-state index contributed by atoms with van der Waals surface area (Å²) in [5, 5.41) is 2.80. The molecule has 0 saturated heterocycles. The number of anilines is 1. The van der Waals surface area contributed by atoms with Crippen molar-refractivity contribution in [2.24, 2.45) is 0 Å². The minimum Gasteiger partial charge on any atom is -0.482 e. The number of carbonyl (C=O) groups excluding carboxylic acids is 2. The fourth-order valence-electron chi connectivity index (χ4n) is 3.02. The summed E-state index contributed by atoms with van der Waals surface area (Å²) in [5.41, 5.74) is 2.81. The fraction of sp³-hybridized carbons (Fsp3) is 0.333. The molecule has 5 nitrogen and oxygen atoms in total. The van der Waals surface area contributed by atoms with Crippen LogP contribution in [0.25, 0.3) is 0 Å². The van der Waals surface area contributed by atoms with Gasteiger partial charge in [0.25, 0.3) is 5.91 Å². The highest BCUT2D eigenvalue weighted by atomic mass is 16.5. The summed E-state index contributed by atoms with van der Waals surface area (Å²) in [4.78, 5) is 26.1. The summed E-state index contributed by atoms with van der Waals surface area (Å²) >= 11 is 0. The predicted molar refractivity (Wildman–Crippen MR) is 101 cm³/mol. The largest absolute Gasteiger partial charge is 0.482 e. The van der Waals surface area contributed by atoms with Crippen molar-refractivity contribution in [2.45, 2.75) is 39.3 Å². The molecule has 1 aliphatic rings. The van der Waals surface area contributed by atoms with E-state index in [0.717, 1.165) is 11.1 Å². The number of amides is 2. The van der Waals surface area contributed by atoms with E-state index in [4.69, 9.17) is 4.74 Å². The average molecular weight is 352 g/mol. The van der Waals surface area contributed by atoms with Crippen molar-refractivity contribution in [1.29, 1.82) is 0 Å². The number of ether oxygens (including phenoxy) is 1. The Bertz CT molecular complexity index is 787. The second kappa shape index (κ2) is 8.04. The van der Waals surface area contributed by atoms with Crippen molar-refractivity contribution in [1.82, 2.24) is 4.90 Å². The Balaban J connectivity index is 1.63. The zero-order valence-corrected chi connectivity index (χ0v) is 15.2. The standard InChI is InChI=1S/C21H24N2O3/c1-15(2)23(13-17-6-4-3-5-7-17)21(25)11-9-16-8-10-19-18(12-16)22-20(24)14-26-19/h3-8,10,12,15H,9,11,13-14H2,1-2H3,(H,22,24). The Morgan fingerprint density at radius 3 is 2.65 bits per heavy atom. The first-order valence-corrected chi connectivity index (χ1v) is 8.92. The lowest BCUT2D eigenvalue weighted by atomic mass is 10.1. The first-order valence-electron chi connectivity index (χ1n) is 8.92. The average Bonchev–Trinajstić information content (AvgIpc) is 2.64. The van der Waals surface area contributed by atoms with Gasteiger partial charge in [0.1, 0.15) is 5.75 Å². The quantitative estimate of drug-likeness (QED) is 0.867. The molecular formula is C21H24N2O3. The zero-order chi connectivity index (χ0) is 18.5. The molecule has 1 aliphatic heterocycles. The molecule has 2 amide bonds. The summed E-state index contributed by atoms with van der Waals surface area (Å²) in [5.74, 6) is 0.647. The summed E-state index contributed by atoms with van der Waals surface area (Å²) in [6.07, 6.45) is 1.05. The van der Waals surface area contributed by atoms with E-state index in [1.807, 2.05) is 67.3 Å². The molecule has 5 heteroatoms. The van der Waals surface area contributed by atoms with Crippen LogP contribution in [0.2, 0.25) is 0 Å². The van der Waals surface area contributed by atoms with Gasteiger partial charge in [-0.3, -0.25) is 9.59 Å². The maximum Gasteiger partial charge on any atom is 0.262 e. The van der Waals surface area contributed by atoms with Crippen LogP contribution in [0.4, 0.5) is 5.69 Å². The number of rotatable bonds is 6. The summed E-state index contributed by atoms with van der Waals surface area (Å²) < 4.78 is 5.37. The lowest BCUT2D eigenvalue weighted by Crippen LogP contribution is -2.36. The molecule has 136 valence electrons. The van der Waals surface area contributed by atoms with Crippen LogP contribution in [0.5, 0.6) is 5.75 Å². The molecule has 0 aromatic heterocycles. The van der Waals surface area contributed by atoms with Gasteiger partial charge in [0.15, 0.2) is 6.61 Å². The summed E-state index contributed by atoms with van der Waals surface area (Å²) in [6.45, 7) is 4.73. The first-order chi connectivity index (χ1) is 12.5. The molecule has 0 saturated carbocycles. The third-order valence-electron chi connectivity index (χ3n) is 4.44. The second-order valence-corrected chi connectivity index (χ2v) is 6.77. The molecule has 0 atom stereocenters. The van der Waals surface area contributed by atoms with Crippen LogP contribution >= 0.6 is 0 Å². The molecule has 1 N–H and O–H groups in total. The lowest BCUT2D eigenvalue weighted by molar-refractivity contribution is -0.133. The van der Waals surface area contributed by atoms with Crippen molar-refractivity contribution in [2.75, 3.05) is 11.9 Å². The second-order valence-electron chi connectivity index (χ2n) is 6.77. The Morgan fingerprint density at radius 2 is 1.92 bits per heavy atom. The zero-order valence-electron chi connectivity index (χ0n) is 15.2. The van der Waals surface area contributed by atoms with Crippen molar-refractivity contribution < 1.29 is 14.3 Å². The maximum absolute atomic E-state index is 12.7. The maximum atomic E-state index is 12.7. The molecule has 0 bridgehead atoms. The number of carbonyl (C=O) groups is 2. The summed E-state index contributed by atoms with van der Waals surface area (Å²) in [6, 6.07) is 15.8. The van der Waals surface area contributed by atoms with E-state index in [0.29, 0.717) is 30.8 Å².